The lowest BCUT2D eigenvalue weighted by atomic mass is 9.91. The first-order valence-corrected chi connectivity index (χ1v) is 8.43. The molecule has 2 rings (SSSR count). The van der Waals surface area contributed by atoms with Crippen LogP contribution in [0.3, 0.4) is 0 Å². The van der Waals surface area contributed by atoms with Gasteiger partial charge < -0.3 is 15.0 Å². The molecule has 21 heavy (non-hydrogen) atoms. The van der Waals surface area contributed by atoms with Crippen LogP contribution in [-0.4, -0.2) is 50.7 Å². The third-order valence-corrected chi connectivity index (χ3v) is 4.68. The van der Waals surface area contributed by atoms with Gasteiger partial charge in [-0.3, -0.25) is 4.79 Å². The summed E-state index contributed by atoms with van der Waals surface area (Å²) in [5, 5.41) is 3.04. The average Bonchev–Trinajstić information content (AvgIpc) is 2.53. The maximum Gasteiger partial charge on any atom is 0.223 e. The van der Waals surface area contributed by atoms with E-state index in [0.717, 1.165) is 44.8 Å². The van der Waals surface area contributed by atoms with Gasteiger partial charge in [0.25, 0.3) is 0 Å². The van der Waals surface area contributed by atoms with E-state index in [0.29, 0.717) is 6.61 Å². The predicted octanol–water partition coefficient (Wildman–Crippen LogP) is 2.21. The summed E-state index contributed by atoms with van der Waals surface area (Å²) in [6.45, 7) is 4.83. The minimum absolute atomic E-state index is 0.218. The van der Waals surface area contributed by atoms with Gasteiger partial charge in [0.05, 0.1) is 0 Å². The molecule has 0 spiro atoms. The molecule has 1 N–H and O–H groups in total. The lowest BCUT2D eigenvalue weighted by Crippen LogP contribution is -2.42. The van der Waals surface area contributed by atoms with Gasteiger partial charge in [0.2, 0.25) is 5.91 Å². The summed E-state index contributed by atoms with van der Waals surface area (Å²) in [5.41, 5.74) is 0. The van der Waals surface area contributed by atoms with E-state index < -0.39 is 0 Å². The number of allylic oxidation sites excluding steroid dienone is 2. The number of hydrogen-bond acceptors (Lipinski definition) is 3. The zero-order valence-corrected chi connectivity index (χ0v) is 13.4. The summed E-state index contributed by atoms with van der Waals surface area (Å²) >= 11 is 0. The molecule has 1 aliphatic carbocycles. The topological polar surface area (TPSA) is 41.6 Å². The smallest absolute Gasteiger partial charge is 0.223 e. The number of rotatable bonds is 7. The first-order valence-electron chi connectivity index (χ1n) is 8.43. The molecule has 0 aromatic heterocycles. The van der Waals surface area contributed by atoms with Crippen LogP contribution in [0, 0.1) is 11.8 Å². The Balaban J connectivity index is 1.61. The SMILES string of the molecule is COCCCNC(=O)C1CCN(C[C@H]2CC=CCC2)CC1. The van der Waals surface area contributed by atoms with Crippen molar-refractivity contribution in [2.45, 2.75) is 38.5 Å². The number of likely N-dealkylation sites (tertiary alicyclic amines) is 1. The van der Waals surface area contributed by atoms with Crippen molar-refractivity contribution in [3.8, 4) is 0 Å². The van der Waals surface area contributed by atoms with E-state index >= 15 is 0 Å². The van der Waals surface area contributed by atoms with Crippen LogP contribution in [0.4, 0.5) is 0 Å². The van der Waals surface area contributed by atoms with Crippen molar-refractivity contribution in [3.05, 3.63) is 12.2 Å². The van der Waals surface area contributed by atoms with Gasteiger partial charge in [0.1, 0.15) is 0 Å². The molecule has 1 atom stereocenters. The Morgan fingerprint density at radius 1 is 1.29 bits per heavy atom. The van der Waals surface area contributed by atoms with E-state index in [1.807, 2.05) is 0 Å². The lowest BCUT2D eigenvalue weighted by Gasteiger charge is -2.34. The first-order chi connectivity index (χ1) is 10.3. The van der Waals surface area contributed by atoms with Crippen LogP contribution in [0.1, 0.15) is 38.5 Å². The van der Waals surface area contributed by atoms with Crippen molar-refractivity contribution in [3.63, 3.8) is 0 Å². The van der Waals surface area contributed by atoms with Crippen LogP contribution in [0.15, 0.2) is 12.2 Å². The highest BCUT2D eigenvalue weighted by Gasteiger charge is 2.25. The van der Waals surface area contributed by atoms with E-state index in [-0.39, 0.29) is 11.8 Å². The molecule has 0 radical (unpaired) electrons. The van der Waals surface area contributed by atoms with Crippen LogP contribution in [0.25, 0.3) is 0 Å². The number of ether oxygens (including phenoxy) is 1. The molecule has 4 nitrogen and oxygen atoms in total. The van der Waals surface area contributed by atoms with Crippen molar-refractivity contribution in [2.75, 3.05) is 39.9 Å². The summed E-state index contributed by atoms with van der Waals surface area (Å²) in [5.74, 6) is 1.29. The number of nitrogens with zero attached hydrogens (tertiary/aromatic N) is 1. The lowest BCUT2D eigenvalue weighted by molar-refractivity contribution is -0.126. The van der Waals surface area contributed by atoms with Crippen molar-refractivity contribution in [2.24, 2.45) is 11.8 Å². The molecular formula is C17H30N2O2. The van der Waals surface area contributed by atoms with Crippen LogP contribution in [-0.2, 0) is 9.53 Å². The third kappa shape index (κ3) is 5.79. The number of carbonyl (C=O) groups is 1. The zero-order valence-electron chi connectivity index (χ0n) is 13.4. The van der Waals surface area contributed by atoms with Crippen LogP contribution in [0.2, 0.25) is 0 Å². The van der Waals surface area contributed by atoms with E-state index in [9.17, 15) is 4.79 Å². The summed E-state index contributed by atoms with van der Waals surface area (Å²) in [6.07, 6.45) is 11.4. The van der Waals surface area contributed by atoms with Gasteiger partial charge in [-0.05, 0) is 57.5 Å². The van der Waals surface area contributed by atoms with Gasteiger partial charge in [-0.1, -0.05) is 12.2 Å². The third-order valence-electron chi connectivity index (χ3n) is 4.68. The largest absolute Gasteiger partial charge is 0.385 e. The van der Waals surface area contributed by atoms with E-state index in [4.69, 9.17) is 4.74 Å². The van der Waals surface area contributed by atoms with E-state index in [1.165, 1.54) is 25.8 Å². The Kier molecular flexibility index (Phi) is 7.24. The van der Waals surface area contributed by atoms with Crippen LogP contribution in [0.5, 0.6) is 0 Å². The summed E-state index contributed by atoms with van der Waals surface area (Å²) < 4.78 is 4.99. The Hall–Kier alpha value is -0.870. The van der Waals surface area contributed by atoms with Crippen molar-refractivity contribution < 1.29 is 9.53 Å². The van der Waals surface area contributed by atoms with Crippen molar-refractivity contribution in [1.82, 2.24) is 10.2 Å². The van der Waals surface area contributed by atoms with Crippen molar-refractivity contribution >= 4 is 5.91 Å². The minimum Gasteiger partial charge on any atom is -0.385 e. The number of hydrogen-bond donors (Lipinski definition) is 1. The number of carbonyl (C=O) groups excluding carboxylic acids is 1. The van der Waals surface area contributed by atoms with Gasteiger partial charge in [0, 0.05) is 32.7 Å². The zero-order chi connectivity index (χ0) is 14.9. The molecule has 1 aliphatic heterocycles. The molecule has 1 heterocycles. The van der Waals surface area contributed by atoms with Gasteiger partial charge in [-0.2, -0.15) is 0 Å². The highest BCUT2D eigenvalue weighted by atomic mass is 16.5. The molecule has 0 saturated carbocycles. The van der Waals surface area contributed by atoms with E-state index in [2.05, 4.69) is 22.4 Å². The second kappa shape index (κ2) is 9.21. The average molecular weight is 294 g/mol. The second-order valence-corrected chi connectivity index (χ2v) is 6.36. The van der Waals surface area contributed by atoms with E-state index in [1.54, 1.807) is 7.11 Å². The first kappa shape index (κ1) is 16.5. The number of methoxy groups -OCH3 is 1. The maximum atomic E-state index is 12.1. The molecule has 1 fully saturated rings. The summed E-state index contributed by atoms with van der Waals surface area (Å²) in [6, 6.07) is 0. The highest BCUT2D eigenvalue weighted by Crippen LogP contribution is 2.23. The Labute approximate surface area is 128 Å². The summed E-state index contributed by atoms with van der Waals surface area (Å²) in [4.78, 5) is 14.6. The fraction of sp³-hybridized carbons (Fsp3) is 0.824. The normalized spacial score (nSPS) is 24.1. The Bertz CT molecular complexity index is 336. The van der Waals surface area contributed by atoms with Gasteiger partial charge in [0.15, 0.2) is 0 Å². The molecule has 1 amide bonds. The predicted molar refractivity (Wildman–Crippen MR) is 85.1 cm³/mol. The highest BCUT2D eigenvalue weighted by molar-refractivity contribution is 5.78. The molecule has 1 saturated heterocycles. The Morgan fingerprint density at radius 2 is 2.10 bits per heavy atom. The molecule has 0 aromatic carbocycles. The quantitative estimate of drug-likeness (QED) is 0.578. The maximum absolute atomic E-state index is 12.1. The summed E-state index contributed by atoms with van der Waals surface area (Å²) in [7, 11) is 1.69. The van der Waals surface area contributed by atoms with Crippen LogP contribution < -0.4 is 5.32 Å². The molecule has 0 unspecified atom stereocenters. The monoisotopic (exact) mass is 294 g/mol. The molecule has 0 aromatic rings. The Morgan fingerprint density at radius 3 is 2.76 bits per heavy atom. The molecular weight excluding hydrogens is 264 g/mol. The van der Waals surface area contributed by atoms with Gasteiger partial charge in [-0.15, -0.1) is 0 Å². The number of amides is 1. The standard InChI is InChI=1S/C17H30N2O2/c1-21-13-5-10-18-17(20)16-8-11-19(12-9-16)14-15-6-3-2-4-7-15/h2-3,15-16H,4-14H2,1H3,(H,18,20)/t15-/m0/s1. The molecule has 0 bridgehead atoms. The van der Waals surface area contributed by atoms with Gasteiger partial charge in [-0.25, -0.2) is 0 Å². The molecule has 120 valence electrons. The van der Waals surface area contributed by atoms with Crippen molar-refractivity contribution in [1.29, 1.82) is 0 Å². The fourth-order valence-electron chi connectivity index (χ4n) is 3.34. The second-order valence-electron chi connectivity index (χ2n) is 6.36. The molecule has 2 aliphatic rings. The number of nitrogens with one attached hydrogen (secondary N) is 1. The fourth-order valence-corrected chi connectivity index (χ4v) is 3.34. The van der Waals surface area contributed by atoms with Gasteiger partial charge >= 0.3 is 0 Å². The van der Waals surface area contributed by atoms with Crippen LogP contribution >= 0.6 is 0 Å². The minimum atomic E-state index is 0.218. The number of piperidine rings is 1. The molecule has 4 heteroatoms.